The van der Waals surface area contributed by atoms with E-state index in [2.05, 4.69) is 45.4 Å². The minimum absolute atomic E-state index is 0. The van der Waals surface area contributed by atoms with Crippen LogP contribution in [0.5, 0.6) is 0 Å². The highest BCUT2D eigenvalue weighted by Crippen LogP contribution is 2.25. The standard InChI is InChI=1S/C20H32N4O.3ClH/c21-20(9-5-2-6-10-20)19(25)22-11-12-23-13-15-24(16-14-23)17-18-7-3-1-4-8-18;;;/h1,3-4,7-8H,2,5-6,9-17,21H2,(H,22,25);3*1H. The quantitative estimate of drug-likeness (QED) is 0.695. The number of rotatable bonds is 6. The Morgan fingerprint density at radius 2 is 1.50 bits per heavy atom. The summed E-state index contributed by atoms with van der Waals surface area (Å²) in [4.78, 5) is 17.3. The minimum atomic E-state index is -0.618. The van der Waals surface area contributed by atoms with Gasteiger partial charge in [-0.15, -0.1) is 37.2 Å². The summed E-state index contributed by atoms with van der Waals surface area (Å²) >= 11 is 0. The molecule has 1 saturated heterocycles. The van der Waals surface area contributed by atoms with Gasteiger partial charge in [0.1, 0.15) is 0 Å². The monoisotopic (exact) mass is 452 g/mol. The van der Waals surface area contributed by atoms with Gasteiger partial charge in [0, 0.05) is 45.8 Å². The van der Waals surface area contributed by atoms with Crippen LogP contribution in [0.15, 0.2) is 30.3 Å². The maximum absolute atomic E-state index is 12.4. The van der Waals surface area contributed by atoms with Gasteiger partial charge in [0.05, 0.1) is 5.54 Å². The lowest BCUT2D eigenvalue weighted by Crippen LogP contribution is -2.56. The summed E-state index contributed by atoms with van der Waals surface area (Å²) in [5.74, 6) is 0.0508. The number of carbonyl (C=O) groups excluding carboxylic acids is 1. The van der Waals surface area contributed by atoms with Gasteiger partial charge in [-0.25, -0.2) is 0 Å². The van der Waals surface area contributed by atoms with E-state index in [1.54, 1.807) is 0 Å². The van der Waals surface area contributed by atoms with Crippen molar-refractivity contribution < 1.29 is 4.79 Å². The lowest BCUT2D eigenvalue weighted by molar-refractivity contribution is -0.127. The molecule has 2 aliphatic rings. The summed E-state index contributed by atoms with van der Waals surface area (Å²) in [5.41, 5.74) is 7.04. The number of hydrogen-bond acceptors (Lipinski definition) is 4. The molecule has 0 bridgehead atoms. The molecule has 1 aliphatic carbocycles. The van der Waals surface area contributed by atoms with Gasteiger partial charge >= 0.3 is 0 Å². The van der Waals surface area contributed by atoms with Crippen molar-refractivity contribution in [3.63, 3.8) is 0 Å². The highest BCUT2D eigenvalue weighted by Gasteiger charge is 2.34. The molecule has 28 heavy (non-hydrogen) atoms. The van der Waals surface area contributed by atoms with Gasteiger partial charge in [-0.05, 0) is 18.4 Å². The minimum Gasteiger partial charge on any atom is -0.353 e. The average molecular weight is 454 g/mol. The maximum atomic E-state index is 12.4. The van der Waals surface area contributed by atoms with Crippen LogP contribution in [0.2, 0.25) is 0 Å². The molecule has 0 radical (unpaired) electrons. The fourth-order valence-corrected chi connectivity index (χ4v) is 3.93. The summed E-state index contributed by atoms with van der Waals surface area (Å²) in [7, 11) is 0. The normalized spacial score (nSPS) is 19.5. The molecule has 0 atom stereocenters. The largest absolute Gasteiger partial charge is 0.353 e. The summed E-state index contributed by atoms with van der Waals surface area (Å²) in [6, 6.07) is 10.6. The first-order valence-corrected chi connectivity index (χ1v) is 9.72. The van der Waals surface area contributed by atoms with Crippen LogP contribution in [0, 0.1) is 0 Å². The Bertz CT molecular complexity index is 548. The van der Waals surface area contributed by atoms with Gasteiger partial charge in [-0.3, -0.25) is 14.6 Å². The molecular formula is C20H35Cl3N4O. The fraction of sp³-hybridized carbons (Fsp3) is 0.650. The number of amides is 1. The molecule has 8 heteroatoms. The predicted octanol–water partition coefficient (Wildman–Crippen LogP) is 2.85. The molecule has 1 amide bonds. The molecular weight excluding hydrogens is 419 g/mol. The molecule has 2 fully saturated rings. The zero-order valence-electron chi connectivity index (χ0n) is 16.5. The zero-order valence-corrected chi connectivity index (χ0v) is 18.9. The Hall–Kier alpha value is -0.560. The number of nitrogens with one attached hydrogen (secondary N) is 1. The van der Waals surface area contributed by atoms with Gasteiger partial charge in [-0.1, -0.05) is 49.6 Å². The van der Waals surface area contributed by atoms with Crippen LogP contribution in [-0.2, 0) is 11.3 Å². The summed E-state index contributed by atoms with van der Waals surface area (Å²) < 4.78 is 0. The average Bonchev–Trinajstić information content (AvgIpc) is 2.64. The van der Waals surface area contributed by atoms with Crippen LogP contribution >= 0.6 is 37.2 Å². The first-order chi connectivity index (χ1) is 12.2. The molecule has 1 aromatic carbocycles. The Morgan fingerprint density at radius 3 is 2.11 bits per heavy atom. The molecule has 1 saturated carbocycles. The maximum Gasteiger partial charge on any atom is 0.240 e. The second-order valence-electron chi connectivity index (χ2n) is 7.58. The van der Waals surface area contributed by atoms with Crippen LogP contribution in [0.3, 0.4) is 0 Å². The van der Waals surface area contributed by atoms with E-state index in [1.165, 1.54) is 12.0 Å². The third kappa shape index (κ3) is 8.05. The van der Waals surface area contributed by atoms with E-state index in [0.29, 0.717) is 6.54 Å². The molecule has 3 N–H and O–H groups in total. The van der Waals surface area contributed by atoms with Gasteiger partial charge in [-0.2, -0.15) is 0 Å². The number of nitrogens with zero attached hydrogens (tertiary/aromatic N) is 2. The van der Waals surface area contributed by atoms with E-state index in [4.69, 9.17) is 5.73 Å². The number of benzene rings is 1. The van der Waals surface area contributed by atoms with Crippen molar-refractivity contribution >= 4 is 43.1 Å². The Labute approximate surface area is 188 Å². The fourth-order valence-electron chi connectivity index (χ4n) is 3.93. The van der Waals surface area contributed by atoms with E-state index >= 15 is 0 Å². The third-order valence-electron chi connectivity index (χ3n) is 5.63. The van der Waals surface area contributed by atoms with E-state index in [1.807, 2.05) is 0 Å². The third-order valence-corrected chi connectivity index (χ3v) is 5.63. The summed E-state index contributed by atoms with van der Waals surface area (Å²) in [6.45, 7) is 6.96. The summed E-state index contributed by atoms with van der Waals surface area (Å²) in [5, 5.41) is 3.07. The number of halogens is 3. The van der Waals surface area contributed by atoms with Crippen LogP contribution in [0.1, 0.15) is 37.7 Å². The SMILES string of the molecule is Cl.Cl.Cl.NC1(C(=O)NCCN2CCN(Cc3ccccc3)CC2)CCCCC1. The first kappa shape index (κ1) is 27.4. The summed E-state index contributed by atoms with van der Waals surface area (Å²) in [6.07, 6.45) is 5.02. The molecule has 0 spiro atoms. The van der Waals surface area contributed by atoms with Crippen LogP contribution in [0.25, 0.3) is 0 Å². The van der Waals surface area contributed by atoms with Crippen molar-refractivity contribution in [1.82, 2.24) is 15.1 Å². The van der Waals surface area contributed by atoms with Crippen LogP contribution in [-0.4, -0.2) is 60.5 Å². The van der Waals surface area contributed by atoms with E-state index in [-0.39, 0.29) is 43.1 Å². The van der Waals surface area contributed by atoms with Gasteiger partial charge < -0.3 is 11.1 Å². The van der Waals surface area contributed by atoms with Crippen molar-refractivity contribution in [2.24, 2.45) is 5.73 Å². The second kappa shape index (κ2) is 13.6. The first-order valence-electron chi connectivity index (χ1n) is 9.72. The van der Waals surface area contributed by atoms with E-state index in [0.717, 1.165) is 65.0 Å². The lowest BCUT2D eigenvalue weighted by Gasteiger charge is -2.35. The molecule has 162 valence electrons. The second-order valence-corrected chi connectivity index (χ2v) is 7.58. The van der Waals surface area contributed by atoms with Crippen molar-refractivity contribution in [3.05, 3.63) is 35.9 Å². The zero-order chi connectivity index (χ0) is 17.5. The number of hydrogen-bond donors (Lipinski definition) is 2. The van der Waals surface area contributed by atoms with Crippen molar-refractivity contribution in [3.8, 4) is 0 Å². The van der Waals surface area contributed by atoms with Gasteiger partial charge in [0.25, 0.3) is 0 Å². The smallest absolute Gasteiger partial charge is 0.240 e. The molecule has 3 rings (SSSR count). The molecule has 5 nitrogen and oxygen atoms in total. The predicted molar refractivity (Wildman–Crippen MR) is 123 cm³/mol. The van der Waals surface area contributed by atoms with Crippen molar-refractivity contribution in [1.29, 1.82) is 0 Å². The molecule has 0 unspecified atom stereocenters. The molecule has 0 aromatic heterocycles. The lowest BCUT2D eigenvalue weighted by atomic mass is 9.82. The molecule has 1 aromatic rings. The van der Waals surface area contributed by atoms with Crippen LogP contribution in [0.4, 0.5) is 0 Å². The van der Waals surface area contributed by atoms with Crippen molar-refractivity contribution in [2.45, 2.75) is 44.2 Å². The highest BCUT2D eigenvalue weighted by atomic mass is 35.5. The van der Waals surface area contributed by atoms with E-state index < -0.39 is 5.54 Å². The van der Waals surface area contributed by atoms with E-state index in [9.17, 15) is 4.79 Å². The molecule has 1 heterocycles. The Morgan fingerprint density at radius 1 is 0.929 bits per heavy atom. The van der Waals surface area contributed by atoms with Gasteiger partial charge in [0.2, 0.25) is 5.91 Å². The Kier molecular flexibility index (Phi) is 13.4. The number of nitrogens with two attached hydrogens (primary N) is 1. The topological polar surface area (TPSA) is 61.6 Å². The highest BCUT2D eigenvalue weighted by molar-refractivity contribution is 5.86. The molecule has 1 aliphatic heterocycles. The van der Waals surface area contributed by atoms with Crippen molar-refractivity contribution in [2.75, 3.05) is 39.3 Å². The number of carbonyl (C=O) groups is 1. The van der Waals surface area contributed by atoms with Gasteiger partial charge in [0.15, 0.2) is 0 Å². The van der Waals surface area contributed by atoms with Crippen LogP contribution < -0.4 is 11.1 Å². The Balaban J connectivity index is 0.00000243. The number of piperazine rings is 1.